The second kappa shape index (κ2) is 8.28. The van der Waals surface area contributed by atoms with Crippen LogP contribution in [0.15, 0.2) is 70.8 Å². The summed E-state index contributed by atoms with van der Waals surface area (Å²) in [7, 11) is 0. The van der Waals surface area contributed by atoms with E-state index in [0.717, 1.165) is 15.9 Å². The van der Waals surface area contributed by atoms with Crippen molar-refractivity contribution in [1.29, 1.82) is 0 Å². The normalized spacial score (nSPS) is 10.8. The van der Waals surface area contributed by atoms with Crippen LogP contribution in [0.3, 0.4) is 0 Å². The largest absolute Gasteiger partial charge is 0.347 e. The number of aryl methyl sites for hydroxylation is 1. The molecule has 0 fully saturated rings. The highest BCUT2D eigenvalue weighted by Gasteiger charge is 2.11. The van der Waals surface area contributed by atoms with Crippen molar-refractivity contribution in [3.05, 3.63) is 86.8 Å². The van der Waals surface area contributed by atoms with Crippen LogP contribution in [0.5, 0.6) is 0 Å². The Morgan fingerprint density at radius 1 is 1.07 bits per heavy atom. The van der Waals surface area contributed by atoms with E-state index in [-0.39, 0.29) is 17.3 Å². The monoisotopic (exact) mass is 404 g/mol. The molecule has 0 aliphatic heterocycles. The summed E-state index contributed by atoms with van der Waals surface area (Å²) in [5.41, 5.74) is 2.64. The van der Waals surface area contributed by atoms with Gasteiger partial charge in [0.2, 0.25) is 0 Å². The molecule has 4 aromatic rings. The number of anilines is 2. The van der Waals surface area contributed by atoms with Crippen LogP contribution in [-0.2, 0) is 13.1 Å². The maximum absolute atomic E-state index is 12.8. The molecule has 0 saturated heterocycles. The van der Waals surface area contributed by atoms with Crippen molar-refractivity contribution in [2.75, 3.05) is 5.32 Å². The predicted octanol–water partition coefficient (Wildman–Crippen LogP) is 4.15. The number of nitrogens with one attached hydrogen (secondary N) is 2. The first-order valence-electron chi connectivity index (χ1n) is 9.33. The first kappa shape index (κ1) is 18.9. The van der Waals surface area contributed by atoms with Crippen LogP contribution >= 0.6 is 11.3 Å². The lowest BCUT2D eigenvalue weighted by Gasteiger charge is -2.12. The number of aromatic nitrogens is 2. The highest BCUT2D eigenvalue weighted by molar-refractivity contribution is 7.09. The van der Waals surface area contributed by atoms with Gasteiger partial charge in [-0.3, -0.25) is 9.59 Å². The van der Waals surface area contributed by atoms with Crippen molar-refractivity contribution in [1.82, 2.24) is 14.9 Å². The maximum atomic E-state index is 12.8. The van der Waals surface area contributed by atoms with E-state index in [1.54, 1.807) is 40.2 Å². The molecular formula is C22H20N4O2S. The Labute approximate surface area is 171 Å². The zero-order chi connectivity index (χ0) is 20.2. The maximum Gasteiger partial charge on any atom is 0.294 e. The minimum absolute atomic E-state index is 0.137. The van der Waals surface area contributed by atoms with Crippen LogP contribution in [0.1, 0.15) is 22.2 Å². The number of nitrogens with zero attached hydrogens (tertiary/aromatic N) is 2. The summed E-state index contributed by atoms with van der Waals surface area (Å²) >= 11 is 1.61. The molecule has 0 radical (unpaired) electrons. The van der Waals surface area contributed by atoms with Gasteiger partial charge in [0.15, 0.2) is 5.82 Å². The second-order valence-electron chi connectivity index (χ2n) is 6.46. The third kappa shape index (κ3) is 4.05. The number of fused-ring (bicyclic) bond motifs is 1. The van der Waals surface area contributed by atoms with Crippen molar-refractivity contribution in [2.45, 2.75) is 20.0 Å². The molecule has 1 amide bonds. The SMILES string of the molecule is CCn1c(=O)c(Nc2ccc(C(=O)NCc3cccs3)cc2)nc2ccccc21. The van der Waals surface area contributed by atoms with E-state index in [1.807, 2.05) is 48.7 Å². The fourth-order valence-electron chi connectivity index (χ4n) is 3.11. The minimum Gasteiger partial charge on any atom is -0.347 e. The third-order valence-electron chi connectivity index (χ3n) is 4.58. The lowest BCUT2D eigenvalue weighted by atomic mass is 10.2. The molecule has 0 spiro atoms. The minimum atomic E-state index is -0.177. The van der Waals surface area contributed by atoms with E-state index in [2.05, 4.69) is 15.6 Å². The van der Waals surface area contributed by atoms with E-state index in [4.69, 9.17) is 0 Å². The summed E-state index contributed by atoms with van der Waals surface area (Å²) in [5, 5.41) is 7.97. The Bertz CT molecular complexity index is 1200. The molecule has 29 heavy (non-hydrogen) atoms. The number of amides is 1. The molecule has 0 aliphatic rings. The van der Waals surface area contributed by atoms with Gasteiger partial charge in [0, 0.05) is 22.7 Å². The highest BCUT2D eigenvalue weighted by atomic mass is 32.1. The van der Waals surface area contributed by atoms with Gasteiger partial charge in [-0.15, -0.1) is 11.3 Å². The lowest BCUT2D eigenvalue weighted by molar-refractivity contribution is 0.0951. The Morgan fingerprint density at radius 2 is 1.86 bits per heavy atom. The number of hydrogen-bond acceptors (Lipinski definition) is 5. The third-order valence-corrected chi connectivity index (χ3v) is 5.46. The Kier molecular flexibility index (Phi) is 5.39. The number of carbonyl (C=O) groups excluding carboxylic acids is 1. The van der Waals surface area contributed by atoms with Crippen LogP contribution in [-0.4, -0.2) is 15.5 Å². The Hall–Kier alpha value is -3.45. The van der Waals surface area contributed by atoms with E-state index in [9.17, 15) is 9.59 Å². The van der Waals surface area contributed by atoms with Gasteiger partial charge in [0.05, 0.1) is 17.6 Å². The first-order chi connectivity index (χ1) is 14.2. The molecule has 0 unspecified atom stereocenters. The standard InChI is InChI=1S/C22H20N4O2S/c1-2-26-19-8-4-3-7-18(19)25-20(22(26)28)24-16-11-9-15(10-12-16)21(27)23-14-17-6-5-13-29-17/h3-13H,2,14H2,1H3,(H,23,27)(H,24,25). The average molecular weight is 404 g/mol. The van der Waals surface area contributed by atoms with Gasteiger partial charge >= 0.3 is 0 Å². The van der Waals surface area contributed by atoms with Crippen LogP contribution < -0.4 is 16.2 Å². The van der Waals surface area contributed by atoms with Crippen LogP contribution in [0.4, 0.5) is 11.5 Å². The Morgan fingerprint density at radius 3 is 2.59 bits per heavy atom. The van der Waals surface area contributed by atoms with Crippen molar-refractivity contribution in [2.24, 2.45) is 0 Å². The van der Waals surface area contributed by atoms with E-state index in [0.29, 0.717) is 24.3 Å². The van der Waals surface area contributed by atoms with Crippen LogP contribution in [0, 0.1) is 0 Å². The molecule has 6 nitrogen and oxygen atoms in total. The molecule has 7 heteroatoms. The Balaban J connectivity index is 1.52. The summed E-state index contributed by atoms with van der Waals surface area (Å²) in [6, 6.07) is 18.5. The zero-order valence-electron chi connectivity index (χ0n) is 15.9. The van der Waals surface area contributed by atoms with Gasteiger partial charge < -0.3 is 15.2 Å². The smallest absolute Gasteiger partial charge is 0.294 e. The van der Waals surface area contributed by atoms with Crippen molar-refractivity contribution >= 4 is 39.8 Å². The van der Waals surface area contributed by atoms with Gasteiger partial charge in [-0.1, -0.05) is 18.2 Å². The topological polar surface area (TPSA) is 76.0 Å². The van der Waals surface area contributed by atoms with Crippen molar-refractivity contribution in [3.63, 3.8) is 0 Å². The summed E-state index contributed by atoms with van der Waals surface area (Å²) in [4.78, 5) is 30.6. The van der Waals surface area contributed by atoms with E-state index >= 15 is 0 Å². The van der Waals surface area contributed by atoms with E-state index in [1.165, 1.54) is 0 Å². The van der Waals surface area contributed by atoms with Crippen molar-refractivity contribution in [3.8, 4) is 0 Å². The number of thiophene rings is 1. The highest BCUT2D eigenvalue weighted by Crippen LogP contribution is 2.17. The van der Waals surface area contributed by atoms with Gasteiger partial charge in [-0.25, -0.2) is 4.98 Å². The number of benzene rings is 2. The summed E-state index contributed by atoms with van der Waals surface area (Å²) in [5.74, 6) is 0.127. The number of rotatable bonds is 6. The lowest BCUT2D eigenvalue weighted by Crippen LogP contribution is -2.24. The summed E-state index contributed by atoms with van der Waals surface area (Å²) < 4.78 is 1.69. The quantitative estimate of drug-likeness (QED) is 0.506. The molecule has 0 atom stereocenters. The van der Waals surface area contributed by atoms with Crippen molar-refractivity contribution < 1.29 is 4.79 Å². The summed E-state index contributed by atoms with van der Waals surface area (Å²) in [6.07, 6.45) is 0. The molecular weight excluding hydrogens is 384 g/mol. The summed E-state index contributed by atoms with van der Waals surface area (Å²) in [6.45, 7) is 3.00. The number of carbonyl (C=O) groups is 1. The molecule has 4 rings (SSSR count). The predicted molar refractivity (Wildman–Crippen MR) is 117 cm³/mol. The molecule has 0 saturated carbocycles. The second-order valence-corrected chi connectivity index (χ2v) is 7.50. The molecule has 0 aliphatic carbocycles. The van der Waals surface area contributed by atoms with Crippen LogP contribution in [0.2, 0.25) is 0 Å². The van der Waals surface area contributed by atoms with Gasteiger partial charge in [0.1, 0.15) is 0 Å². The van der Waals surface area contributed by atoms with Gasteiger partial charge in [-0.2, -0.15) is 0 Å². The number of para-hydroxylation sites is 2. The molecule has 2 aromatic carbocycles. The molecule has 2 heterocycles. The molecule has 0 bridgehead atoms. The van der Waals surface area contributed by atoms with E-state index < -0.39 is 0 Å². The average Bonchev–Trinajstić information content (AvgIpc) is 3.27. The molecule has 2 N–H and O–H groups in total. The first-order valence-corrected chi connectivity index (χ1v) is 10.2. The van der Waals surface area contributed by atoms with Gasteiger partial charge in [-0.05, 0) is 54.8 Å². The molecule has 146 valence electrons. The fourth-order valence-corrected chi connectivity index (χ4v) is 3.76. The van der Waals surface area contributed by atoms with Crippen LogP contribution in [0.25, 0.3) is 11.0 Å². The number of hydrogen-bond donors (Lipinski definition) is 2. The fraction of sp³-hybridized carbons (Fsp3) is 0.136. The zero-order valence-corrected chi connectivity index (χ0v) is 16.7. The van der Waals surface area contributed by atoms with Gasteiger partial charge in [0.25, 0.3) is 11.5 Å². The molecule has 2 aromatic heterocycles.